The minimum Gasteiger partial charge on any atom is -0.495 e. The van der Waals surface area contributed by atoms with E-state index in [1.165, 1.54) is 19.2 Å². The molecule has 2 amide bonds. The van der Waals surface area contributed by atoms with E-state index in [1.54, 1.807) is 34.9 Å². The minimum absolute atomic E-state index is 0.184. The van der Waals surface area contributed by atoms with Gasteiger partial charge >= 0.3 is 6.03 Å². The monoisotopic (exact) mass is 497 g/mol. The normalized spacial score (nSPS) is 14.2. The number of halogens is 1. The lowest BCUT2D eigenvalue weighted by molar-refractivity contribution is 0.192. The summed E-state index contributed by atoms with van der Waals surface area (Å²) in [5.41, 5.74) is 3.22. The maximum absolute atomic E-state index is 14.0. The molecule has 7 nitrogen and oxygen atoms in total. The van der Waals surface area contributed by atoms with E-state index in [2.05, 4.69) is 10.8 Å². The number of amides is 2. The van der Waals surface area contributed by atoms with Crippen molar-refractivity contribution in [2.45, 2.75) is 31.7 Å². The number of aryl methyl sites for hydroxylation is 2. The van der Waals surface area contributed by atoms with Gasteiger partial charge in [0.25, 0.3) is 10.0 Å². The molecule has 1 saturated heterocycles. The number of rotatable bonds is 7. The van der Waals surface area contributed by atoms with Crippen LogP contribution in [0, 0.1) is 19.7 Å². The number of hydrogen-bond donors (Lipinski definition) is 1. The fourth-order valence-corrected chi connectivity index (χ4v) is 5.16. The van der Waals surface area contributed by atoms with Gasteiger partial charge < -0.3 is 9.64 Å². The Hall–Kier alpha value is -3.59. The molecule has 9 heteroatoms. The lowest BCUT2D eigenvalue weighted by Gasteiger charge is -2.36. The number of methoxy groups -OCH3 is 1. The molecule has 1 aliphatic rings. The van der Waals surface area contributed by atoms with Crippen LogP contribution in [0.2, 0.25) is 0 Å². The summed E-state index contributed by atoms with van der Waals surface area (Å²) in [5, 5.41) is 0. The van der Waals surface area contributed by atoms with Crippen LogP contribution < -0.4 is 14.4 Å². The molecule has 0 aromatic heterocycles. The first-order valence-corrected chi connectivity index (χ1v) is 12.8. The molecular weight excluding hydrogens is 469 g/mol. The van der Waals surface area contributed by atoms with Crippen molar-refractivity contribution >= 4 is 27.4 Å². The summed E-state index contributed by atoms with van der Waals surface area (Å²) in [5.74, 6) is -0.156. The number of sulfonamides is 1. The Morgan fingerprint density at radius 2 is 1.83 bits per heavy atom. The third-order valence-corrected chi connectivity index (χ3v) is 7.32. The largest absolute Gasteiger partial charge is 0.495 e. The van der Waals surface area contributed by atoms with E-state index in [1.807, 2.05) is 25.1 Å². The summed E-state index contributed by atoms with van der Waals surface area (Å²) in [6, 6.07) is 16.3. The first-order chi connectivity index (χ1) is 16.7. The van der Waals surface area contributed by atoms with Crippen molar-refractivity contribution < 1.29 is 22.3 Å². The third kappa shape index (κ3) is 5.40. The number of nitrogens with one attached hydrogen (secondary N) is 1. The van der Waals surface area contributed by atoms with Crippen molar-refractivity contribution in [3.05, 3.63) is 83.2 Å². The first kappa shape index (κ1) is 24.5. The van der Waals surface area contributed by atoms with Crippen LogP contribution in [-0.4, -0.2) is 39.5 Å². The zero-order valence-electron chi connectivity index (χ0n) is 19.9. The standard InChI is InChI=1S/C26H28FN3O4S/c1-18-6-4-7-20(14-18)17-29-12-5-13-30(26(29)31)24-15-21(9-11-25(24)34-3)28-35(32,33)22-10-8-19(2)23(27)16-22/h4,6-11,14-16,28H,5,12-13,17H2,1-3H3. The lowest BCUT2D eigenvalue weighted by atomic mass is 10.1. The average Bonchev–Trinajstić information content (AvgIpc) is 2.82. The molecule has 0 saturated carbocycles. The number of carbonyl (C=O) groups excluding carboxylic acids is 1. The van der Waals surface area contributed by atoms with Crippen LogP contribution in [0.1, 0.15) is 23.1 Å². The van der Waals surface area contributed by atoms with Crippen LogP contribution in [0.3, 0.4) is 0 Å². The van der Waals surface area contributed by atoms with Gasteiger partial charge in [0.1, 0.15) is 11.6 Å². The molecule has 0 unspecified atom stereocenters. The molecule has 3 aromatic rings. The van der Waals surface area contributed by atoms with Gasteiger partial charge in [0.2, 0.25) is 0 Å². The van der Waals surface area contributed by atoms with Gasteiger partial charge in [-0.15, -0.1) is 0 Å². The predicted octanol–water partition coefficient (Wildman–Crippen LogP) is 5.08. The molecule has 0 radical (unpaired) electrons. The minimum atomic E-state index is -4.03. The Labute approximate surface area is 205 Å². The molecule has 4 rings (SSSR count). The van der Waals surface area contributed by atoms with Crippen molar-refractivity contribution in [1.82, 2.24) is 4.90 Å². The van der Waals surface area contributed by atoms with E-state index in [4.69, 9.17) is 4.74 Å². The molecule has 1 fully saturated rings. The van der Waals surface area contributed by atoms with Crippen LogP contribution in [0.15, 0.2) is 65.6 Å². The number of benzene rings is 3. The van der Waals surface area contributed by atoms with Crippen molar-refractivity contribution in [3.63, 3.8) is 0 Å². The Bertz CT molecular complexity index is 1360. The van der Waals surface area contributed by atoms with E-state index in [0.29, 0.717) is 36.6 Å². The van der Waals surface area contributed by atoms with Crippen molar-refractivity contribution in [2.75, 3.05) is 29.8 Å². The van der Waals surface area contributed by atoms with Crippen LogP contribution >= 0.6 is 0 Å². The van der Waals surface area contributed by atoms with Crippen molar-refractivity contribution in [1.29, 1.82) is 0 Å². The Morgan fingerprint density at radius 1 is 1.03 bits per heavy atom. The second-order valence-corrected chi connectivity index (χ2v) is 10.3. The van der Waals surface area contributed by atoms with Gasteiger partial charge in [-0.25, -0.2) is 17.6 Å². The second kappa shape index (κ2) is 9.95. The molecule has 0 aliphatic carbocycles. The molecule has 0 atom stereocenters. The molecular formula is C26H28FN3O4S. The number of urea groups is 1. The first-order valence-electron chi connectivity index (χ1n) is 11.3. The second-order valence-electron chi connectivity index (χ2n) is 8.60. The van der Waals surface area contributed by atoms with Crippen LogP contribution in [0.4, 0.5) is 20.6 Å². The van der Waals surface area contributed by atoms with Crippen molar-refractivity contribution in [2.24, 2.45) is 0 Å². The fraction of sp³-hybridized carbons (Fsp3) is 0.269. The molecule has 184 valence electrons. The highest BCUT2D eigenvalue weighted by Gasteiger charge is 2.29. The van der Waals surface area contributed by atoms with Crippen molar-refractivity contribution in [3.8, 4) is 5.75 Å². The van der Waals surface area contributed by atoms with E-state index >= 15 is 0 Å². The number of hydrogen-bond acceptors (Lipinski definition) is 4. The highest BCUT2D eigenvalue weighted by atomic mass is 32.2. The summed E-state index contributed by atoms with van der Waals surface area (Å²) in [6.07, 6.45) is 0.749. The number of carbonyl (C=O) groups is 1. The third-order valence-electron chi connectivity index (χ3n) is 5.94. The highest BCUT2D eigenvalue weighted by Crippen LogP contribution is 2.34. The SMILES string of the molecule is COc1ccc(NS(=O)(=O)c2ccc(C)c(F)c2)cc1N1CCCN(Cc2cccc(C)c2)C1=O. The summed E-state index contributed by atoms with van der Waals surface area (Å²) in [6.45, 7) is 5.14. The summed E-state index contributed by atoms with van der Waals surface area (Å²) >= 11 is 0. The van der Waals surface area contributed by atoms with Gasteiger partial charge in [-0.3, -0.25) is 9.62 Å². The summed E-state index contributed by atoms with van der Waals surface area (Å²) in [4.78, 5) is 16.6. The smallest absolute Gasteiger partial charge is 0.324 e. The number of anilines is 2. The molecule has 0 spiro atoms. The van der Waals surface area contributed by atoms with Gasteiger partial charge in [0, 0.05) is 19.6 Å². The van der Waals surface area contributed by atoms with E-state index in [9.17, 15) is 17.6 Å². The van der Waals surface area contributed by atoms with E-state index in [0.717, 1.165) is 23.6 Å². The topological polar surface area (TPSA) is 79.0 Å². The maximum atomic E-state index is 14.0. The van der Waals surface area contributed by atoms with Crippen LogP contribution in [0.5, 0.6) is 5.75 Å². The van der Waals surface area contributed by atoms with Gasteiger partial charge in [-0.1, -0.05) is 35.9 Å². The van der Waals surface area contributed by atoms with Gasteiger partial charge in [-0.05, 0) is 61.7 Å². The van der Waals surface area contributed by atoms with Crippen LogP contribution in [-0.2, 0) is 16.6 Å². The lowest BCUT2D eigenvalue weighted by Crippen LogP contribution is -2.49. The summed E-state index contributed by atoms with van der Waals surface area (Å²) in [7, 11) is -2.54. The zero-order valence-corrected chi connectivity index (χ0v) is 20.7. The quantitative estimate of drug-likeness (QED) is 0.494. The summed E-state index contributed by atoms with van der Waals surface area (Å²) < 4.78 is 47.6. The fourth-order valence-electron chi connectivity index (χ4n) is 4.10. The zero-order chi connectivity index (χ0) is 25.2. The molecule has 1 aliphatic heterocycles. The highest BCUT2D eigenvalue weighted by molar-refractivity contribution is 7.92. The van der Waals surface area contributed by atoms with Gasteiger partial charge in [-0.2, -0.15) is 0 Å². The molecule has 1 N–H and O–H groups in total. The van der Waals surface area contributed by atoms with E-state index in [-0.39, 0.29) is 16.6 Å². The molecule has 0 bridgehead atoms. The molecule has 35 heavy (non-hydrogen) atoms. The van der Waals surface area contributed by atoms with Gasteiger partial charge in [0.15, 0.2) is 0 Å². The van der Waals surface area contributed by atoms with E-state index < -0.39 is 15.8 Å². The predicted molar refractivity (Wildman–Crippen MR) is 134 cm³/mol. The number of nitrogens with zero attached hydrogens (tertiary/aromatic N) is 2. The Morgan fingerprint density at radius 3 is 2.54 bits per heavy atom. The molecule has 3 aromatic carbocycles. The van der Waals surface area contributed by atoms with Gasteiger partial charge in [0.05, 0.1) is 23.4 Å². The molecule has 1 heterocycles. The average molecular weight is 498 g/mol. The Balaban J connectivity index is 1.60. The maximum Gasteiger partial charge on any atom is 0.324 e. The number of ether oxygens (including phenoxy) is 1. The Kier molecular flexibility index (Phi) is 6.98. The van der Waals surface area contributed by atoms with Crippen LogP contribution in [0.25, 0.3) is 0 Å².